The van der Waals surface area contributed by atoms with Crippen molar-refractivity contribution in [2.75, 3.05) is 20.2 Å². The van der Waals surface area contributed by atoms with Crippen molar-refractivity contribution in [2.45, 2.75) is 33.0 Å². The SMILES string of the molecule is CN=C(NCCC(C)C)NCc1cccnc1OCC(F)(F)F. The molecule has 0 unspecified atom stereocenters. The highest BCUT2D eigenvalue weighted by Crippen LogP contribution is 2.19. The monoisotopic (exact) mass is 332 g/mol. The van der Waals surface area contributed by atoms with Crippen molar-refractivity contribution < 1.29 is 17.9 Å². The van der Waals surface area contributed by atoms with Crippen molar-refractivity contribution in [1.29, 1.82) is 0 Å². The van der Waals surface area contributed by atoms with E-state index in [1.54, 1.807) is 19.2 Å². The van der Waals surface area contributed by atoms with Crippen LogP contribution in [-0.2, 0) is 6.54 Å². The van der Waals surface area contributed by atoms with E-state index in [9.17, 15) is 13.2 Å². The van der Waals surface area contributed by atoms with Gasteiger partial charge in [-0.25, -0.2) is 4.98 Å². The Bertz CT molecular complexity index is 504. The lowest BCUT2D eigenvalue weighted by molar-refractivity contribution is -0.154. The van der Waals surface area contributed by atoms with Crippen LogP contribution in [-0.4, -0.2) is 37.3 Å². The van der Waals surface area contributed by atoms with Crippen molar-refractivity contribution in [2.24, 2.45) is 10.9 Å². The van der Waals surface area contributed by atoms with Crippen LogP contribution in [0.15, 0.2) is 23.3 Å². The summed E-state index contributed by atoms with van der Waals surface area (Å²) >= 11 is 0. The Morgan fingerprint density at radius 1 is 1.35 bits per heavy atom. The zero-order valence-electron chi connectivity index (χ0n) is 13.6. The number of ether oxygens (including phenoxy) is 1. The fourth-order valence-corrected chi connectivity index (χ4v) is 1.72. The van der Waals surface area contributed by atoms with Gasteiger partial charge in [-0.05, 0) is 18.4 Å². The summed E-state index contributed by atoms with van der Waals surface area (Å²) in [4.78, 5) is 7.92. The predicted molar refractivity (Wildman–Crippen MR) is 83.4 cm³/mol. The van der Waals surface area contributed by atoms with E-state index in [2.05, 4.69) is 34.5 Å². The summed E-state index contributed by atoms with van der Waals surface area (Å²) in [6, 6.07) is 3.31. The third-order valence-corrected chi connectivity index (χ3v) is 2.91. The molecule has 8 heteroatoms. The second-order valence-corrected chi connectivity index (χ2v) is 5.41. The van der Waals surface area contributed by atoms with E-state index < -0.39 is 12.8 Å². The molecule has 5 nitrogen and oxygen atoms in total. The van der Waals surface area contributed by atoms with Gasteiger partial charge in [0, 0.05) is 31.9 Å². The number of guanidine groups is 1. The largest absolute Gasteiger partial charge is 0.468 e. The van der Waals surface area contributed by atoms with Crippen LogP contribution in [0.5, 0.6) is 5.88 Å². The third kappa shape index (κ3) is 8.27. The van der Waals surface area contributed by atoms with Crippen molar-refractivity contribution >= 4 is 5.96 Å². The average molecular weight is 332 g/mol. The third-order valence-electron chi connectivity index (χ3n) is 2.91. The number of alkyl halides is 3. The van der Waals surface area contributed by atoms with E-state index in [0.717, 1.165) is 13.0 Å². The molecule has 23 heavy (non-hydrogen) atoms. The van der Waals surface area contributed by atoms with Gasteiger partial charge in [-0.1, -0.05) is 19.9 Å². The molecule has 2 N–H and O–H groups in total. The van der Waals surface area contributed by atoms with Crippen LogP contribution in [0.3, 0.4) is 0 Å². The van der Waals surface area contributed by atoms with Gasteiger partial charge < -0.3 is 15.4 Å². The van der Waals surface area contributed by atoms with Gasteiger partial charge in [-0.3, -0.25) is 4.99 Å². The molecule has 1 heterocycles. The van der Waals surface area contributed by atoms with Gasteiger partial charge in [-0.2, -0.15) is 13.2 Å². The average Bonchev–Trinajstić information content (AvgIpc) is 2.48. The molecule has 0 aliphatic heterocycles. The molecule has 1 rings (SSSR count). The zero-order valence-corrected chi connectivity index (χ0v) is 13.6. The van der Waals surface area contributed by atoms with Crippen molar-refractivity contribution in [1.82, 2.24) is 15.6 Å². The van der Waals surface area contributed by atoms with Crippen molar-refractivity contribution in [3.05, 3.63) is 23.9 Å². The number of aliphatic imine (C=N–C) groups is 1. The van der Waals surface area contributed by atoms with Crippen LogP contribution in [0, 0.1) is 5.92 Å². The summed E-state index contributed by atoms with van der Waals surface area (Å²) in [7, 11) is 1.63. The second kappa shape index (κ2) is 9.22. The lowest BCUT2D eigenvalue weighted by atomic mass is 10.1. The first-order valence-electron chi connectivity index (χ1n) is 7.39. The Morgan fingerprint density at radius 2 is 2.09 bits per heavy atom. The Morgan fingerprint density at radius 3 is 2.70 bits per heavy atom. The predicted octanol–water partition coefficient (Wildman–Crippen LogP) is 2.73. The maximum atomic E-state index is 12.2. The lowest BCUT2D eigenvalue weighted by Gasteiger charge is -2.15. The Kier molecular flexibility index (Phi) is 7.64. The minimum atomic E-state index is -4.39. The molecule has 0 saturated carbocycles. The molecule has 0 fully saturated rings. The molecule has 130 valence electrons. The summed E-state index contributed by atoms with van der Waals surface area (Å²) in [5, 5.41) is 6.18. The van der Waals surface area contributed by atoms with E-state index in [0.29, 0.717) is 17.4 Å². The smallest absolute Gasteiger partial charge is 0.422 e. The molecule has 0 spiro atoms. The Balaban J connectivity index is 2.56. The molecule has 0 bridgehead atoms. The molecule has 1 aromatic rings. The number of hydrogen-bond acceptors (Lipinski definition) is 3. The summed E-state index contributed by atoms with van der Waals surface area (Å²) in [5.74, 6) is 1.12. The number of nitrogens with zero attached hydrogens (tertiary/aromatic N) is 2. The number of halogens is 3. The molecular formula is C15H23F3N4O. The molecule has 0 aliphatic carbocycles. The Hall–Kier alpha value is -1.99. The lowest BCUT2D eigenvalue weighted by Crippen LogP contribution is -2.37. The maximum absolute atomic E-state index is 12.2. The second-order valence-electron chi connectivity index (χ2n) is 5.41. The van der Waals surface area contributed by atoms with Gasteiger partial charge in [0.25, 0.3) is 0 Å². The Labute approximate surface area is 134 Å². The van der Waals surface area contributed by atoms with Gasteiger partial charge >= 0.3 is 6.18 Å². The summed E-state index contributed by atoms with van der Waals surface area (Å²) in [6.45, 7) is 3.91. The molecule has 0 saturated heterocycles. The summed E-state index contributed by atoms with van der Waals surface area (Å²) < 4.78 is 41.5. The highest BCUT2D eigenvalue weighted by molar-refractivity contribution is 5.79. The first kappa shape index (κ1) is 19.1. The van der Waals surface area contributed by atoms with Crippen LogP contribution in [0.1, 0.15) is 25.8 Å². The van der Waals surface area contributed by atoms with E-state index >= 15 is 0 Å². The van der Waals surface area contributed by atoms with E-state index in [-0.39, 0.29) is 12.4 Å². The molecular weight excluding hydrogens is 309 g/mol. The normalized spacial score (nSPS) is 12.4. The van der Waals surface area contributed by atoms with Crippen molar-refractivity contribution in [3.63, 3.8) is 0 Å². The first-order valence-corrected chi connectivity index (χ1v) is 7.39. The minimum Gasteiger partial charge on any atom is -0.468 e. The fraction of sp³-hybridized carbons (Fsp3) is 0.600. The number of pyridine rings is 1. The maximum Gasteiger partial charge on any atom is 0.422 e. The molecule has 0 aromatic carbocycles. The van der Waals surface area contributed by atoms with Crippen LogP contribution in [0.25, 0.3) is 0 Å². The van der Waals surface area contributed by atoms with Crippen LogP contribution in [0.4, 0.5) is 13.2 Å². The quantitative estimate of drug-likeness (QED) is 0.595. The van der Waals surface area contributed by atoms with E-state index in [1.165, 1.54) is 6.20 Å². The van der Waals surface area contributed by atoms with Crippen molar-refractivity contribution in [3.8, 4) is 5.88 Å². The highest BCUT2D eigenvalue weighted by Gasteiger charge is 2.29. The van der Waals surface area contributed by atoms with E-state index in [1.807, 2.05) is 0 Å². The van der Waals surface area contributed by atoms with E-state index in [4.69, 9.17) is 4.74 Å². The summed E-state index contributed by atoms with van der Waals surface area (Å²) in [5.41, 5.74) is 0.531. The fourth-order valence-electron chi connectivity index (χ4n) is 1.72. The van der Waals surface area contributed by atoms with Gasteiger partial charge in [0.2, 0.25) is 5.88 Å². The molecule has 0 aliphatic rings. The van der Waals surface area contributed by atoms with Crippen LogP contribution >= 0.6 is 0 Å². The highest BCUT2D eigenvalue weighted by atomic mass is 19.4. The molecule has 1 aromatic heterocycles. The first-order chi connectivity index (χ1) is 10.8. The van der Waals surface area contributed by atoms with Gasteiger partial charge in [0.15, 0.2) is 12.6 Å². The number of rotatable bonds is 7. The van der Waals surface area contributed by atoms with Crippen LogP contribution in [0.2, 0.25) is 0 Å². The van der Waals surface area contributed by atoms with Crippen LogP contribution < -0.4 is 15.4 Å². The number of hydrogen-bond donors (Lipinski definition) is 2. The molecule has 0 atom stereocenters. The molecule has 0 amide bonds. The summed E-state index contributed by atoms with van der Waals surface area (Å²) in [6.07, 6.45) is -2.00. The van der Waals surface area contributed by atoms with Gasteiger partial charge in [0.05, 0.1) is 0 Å². The number of nitrogens with one attached hydrogen (secondary N) is 2. The standard InChI is InChI=1S/C15H23F3N4O/c1-11(2)6-8-21-14(19-3)22-9-12-5-4-7-20-13(12)23-10-15(16,17)18/h4-5,7,11H,6,8-10H2,1-3H3,(H2,19,21,22). The topological polar surface area (TPSA) is 58.5 Å². The zero-order chi connectivity index (χ0) is 17.3. The minimum absolute atomic E-state index is 0.0324. The molecule has 0 radical (unpaired) electrons. The van der Waals surface area contributed by atoms with Gasteiger partial charge in [0.1, 0.15) is 0 Å². The van der Waals surface area contributed by atoms with Gasteiger partial charge in [-0.15, -0.1) is 0 Å². The number of aromatic nitrogens is 1.